The Morgan fingerprint density at radius 1 is 1.37 bits per heavy atom. The molecule has 0 saturated heterocycles. The highest BCUT2D eigenvalue weighted by Gasteiger charge is 2.66. The first kappa shape index (κ1) is 21.2. The number of pyridine rings is 1. The van der Waals surface area contributed by atoms with Crippen LogP contribution in [0.25, 0.3) is 0 Å². The summed E-state index contributed by atoms with van der Waals surface area (Å²) in [5.41, 5.74) is -0.522. The number of hydrogen-bond acceptors (Lipinski definition) is 3. The van der Waals surface area contributed by atoms with Crippen LogP contribution in [0.3, 0.4) is 0 Å². The highest BCUT2D eigenvalue weighted by atomic mass is 19.4. The number of aromatic nitrogens is 1. The van der Waals surface area contributed by atoms with Crippen molar-refractivity contribution in [3.63, 3.8) is 0 Å². The second-order valence-electron chi connectivity index (χ2n) is 6.77. The van der Waals surface area contributed by atoms with Crippen molar-refractivity contribution in [2.75, 3.05) is 6.61 Å². The Morgan fingerprint density at radius 3 is 2.59 bits per heavy atom. The molecule has 2 N–H and O–H groups in total. The molecule has 27 heavy (non-hydrogen) atoms. The van der Waals surface area contributed by atoms with E-state index >= 15 is 0 Å². The minimum atomic E-state index is -4.44. The number of urea groups is 1. The van der Waals surface area contributed by atoms with Crippen molar-refractivity contribution in [2.24, 2.45) is 11.8 Å². The monoisotopic (exact) mass is 395 g/mol. The zero-order valence-electron chi connectivity index (χ0n) is 15.6. The van der Waals surface area contributed by atoms with Crippen molar-refractivity contribution in [1.29, 1.82) is 0 Å². The second kappa shape index (κ2) is 8.31. The third-order valence-corrected chi connectivity index (χ3v) is 4.87. The third-order valence-electron chi connectivity index (χ3n) is 4.87. The third kappa shape index (κ3) is 5.71. The molecule has 2 amide bonds. The van der Waals surface area contributed by atoms with E-state index in [4.69, 9.17) is 0 Å². The van der Waals surface area contributed by atoms with E-state index in [1.807, 2.05) is 13.8 Å². The molecule has 2 aliphatic rings. The van der Waals surface area contributed by atoms with Gasteiger partial charge in [-0.05, 0) is 31.4 Å². The van der Waals surface area contributed by atoms with Crippen LogP contribution in [0.5, 0.6) is 5.88 Å². The van der Waals surface area contributed by atoms with Crippen LogP contribution in [0, 0.1) is 11.8 Å². The number of carbonyl (C=O) groups is 1. The summed E-state index contributed by atoms with van der Waals surface area (Å²) in [4.78, 5) is 15.6. The van der Waals surface area contributed by atoms with Crippen molar-refractivity contribution in [3.8, 4) is 5.88 Å². The zero-order chi connectivity index (χ0) is 20.2. The molecule has 0 radical (unpaired) electrons. The molecule has 9 heteroatoms. The van der Waals surface area contributed by atoms with Crippen molar-refractivity contribution in [3.05, 3.63) is 23.9 Å². The average molecular weight is 395 g/mol. The molecule has 1 aromatic rings. The smallest absolute Gasteiger partial charge is 0.422 e. The van der Waals surface area contributed by atoms with Crippen molar-refractivity contribution < 1.29 is 29.9 Å². The first-order chi connectivity index (χ1) is 12.6. The minimum absolute atomic E-state index is 0. The number of alkyl halides is 4. The van der Waals surface area contributed by atoms with Gasteiger partial charge in [-0.2, -0.15) is 13.2 Å². The van der Waals surface area contributed by atoms with Crippen LogP contribution in [0.2, 0.25) is 0 Å². The summed E-state index contributed by atoms with van der Waals surface area (Å²) in [6.07, 6.45) is -1.85. The summed E-state index contributed by atoms with van der Waals surface area (Å²) in [6, 6.07) is 2.48. The summed E-state index contributed by atoms with van der Waals surface area (Å²) in [5, 5.41) is 5.42. The van der Waals surface area contributed by atoms with Crippen molar-refractivity contribution in [2.45, 2.75) is 58.0 Å². The highest BCUT2D eigenvalue weighted by molar-refractivity contribution is 5.74. The number of amides is 2. The molecule has 156 valence electrons. The Bertz CT molecular complexity index is 648. The maximum Gasteiger partial charge on any atom is 0.422 e. The summed E-state index contributed by atoms with van der Waals surface area (Å²) >= 11 is 0. The van der Waals surface area contributed by atoms with Gasteiger partial charge >= 0.3 is 12.2 Å². The number of carbonyl (C=O) groups excluding carboxylic acids is 1. The maximum absolute atomic E-state index is 13.7. The van der Waals surface area contributed by atoms with Gasteiger partial charge in [-0.3, -0.25) is 0 Å². The summed E-state index contributed by atoms with van der Waals surface area (Å²) in [6.45, 7) is 4.30. The van der Waals surface area contributed by atoms with Crippen LogP contribution in [0.1, 0.15) is 42.0 Å². The predicted molar refractivity (Wildman–Crippen MR) is 96.2 cm³/mol. The van der Waals surface area contributed by atoms with Gasteiger partial charge in [0.25, 0.3) is 0 Å². The number of nitrogens with zero attached hydrogens (tertiary/aromatic N) is 1. The van der Waals surface area contributed by atoms with Gasteiger partial charge in [0, 0.05) is 39.5 Å². The first-order valence-corrected chi connectivity index (χ1v) is 9.03. The van der Waals surface area contributed by atoms with E-state index in [9.17, 15) is 22.4 Å². The van der Waals surface area contributed by atoms with Crippen molar-refractivity contribution in [1.82, 2.24) is 15.6 Å². The molecule has 1 aromatic heterocycles. The lowest BCUT2D eigenvalue weighted by Gasteiger charge is -2.17. The summed E-state index contributed by atoms with van der Waals surface area (Å²) in [5.74, 6) is -0.0900. The van der Waals surface area contributed by atoms with Gasteiger partial charge in [0.1, 0.15) is 5.67 Å². The Balaban J connectivity index is 0.00000190. The SMILES string of the molecule is CC.CC1(F)[C@@H]2CC(NC(=O)NCc3ccnc(OCC(F)(F)F)c3)C[C@@H]21.[HH].[HH]. The van der Waals surface area contributed by atoms with E-state index in [0.29, 0.717) is 18.4 Å². The van der Waals surface area contributed by atoms with E-state index < -0.39 is 18.5 Å². The van der Waals surface area contributed by atoms with E-state index in [2.05, 4.69) is 20.4 Å². The number of hydrogen-bond donors (Lipinski definition) is 2. The van der Waals surface area contributed by atoms with Crippen LogP contribution in [0.15, 0.2) is 18.3 Å². The van der Waals surface area contributed by atoms with Crippen molar-refractivity contribution >= 4 is 6.03 Å². The van der Waals surface area contributed by atoms with Crippen LogP contribution in [-0.2, 0) is 6.54 Å². The van der Waals surface area contributed by atoms with Gasteiger partial charge in [-0.1, -0.05) is 13.8 Å². The van der Waals surface area contributed by atoms with Gasteiger partial charge in [0.15, 0.2) is 6.61 Å². The van der Waals surface area contributed by atoms with E-state index in [0.717, 1.165) is 0 Å². The lowest BCUT2D eigenvalue weighted by atomic mass is 10.1. The van der Waals surface area contributed by atoms with Crippen LogP contribution in [0.4, 0.5) is 22.4 Å². The molecule has 5 nitrogen and oxygen atoms in total. The zero-order valence-corrected chi connectivity index (χ0v) is 15.6. The van der Waals surface area contributed by atoms with Gasteiger partial charge in [0.05, 0.1) is 0 Å². The Hall–Kier alpha value is -2.06. The normalized spacial score (nSPS) is 28.5. The van der Waals surface area contributed by atoms with Gasteiger partial charge in [-0.15, -0.1) is 0 Å². The molecule has 0 spiro atoms. The summed E-state index contributed by atoms with van der Waals surface area (Å²) < 4.78 is 54.7. The highest BCUT2D eigenvalue weighted by Crippen LogP contribution is 2.62. The van der Waals surface area contributed by atoms with Gasteiger partial charge in [-0.25, -0.2) is 14.2 Å². The second-order valence-corrected chi connectivity index (χ2v) is 6.77. The lowest BCUT2D eigenvalue weighted by Crippen LogP contribution is -2.41. The van der Waals surface area contributed by atoms with E-state index in [1.54, 1.807) is 13.0 Å². The molecule has 3 rings (SSSR count). The Morgan fingerprint density at radius 2 is 2.00 bits per heavy atom. The number of rotatable bonds is 5. The fourth-order valence-corrected chi connectivity index (χ4v) is 3.49. The van der Waals surface area contributed by atoms with Gasteiger partial charge < -0.3 is 15.4 Å². The molecule has 0 aromatic carbocycles. The fourth-order valence-electron chi connectivity index (χ4n) is 3.49. The summed E-state index contributed by atoms with van der Waals surface area (Å²) in [7, 11) is 0. The van der Waals surface area contributed by atoms with Crippen LogP contribution in [-0.4, -0.2) is 35.5 Å². The molecule has 2 fully saturated rings. The average Bonchev–Trinajstić information content (AvgIpc) is 2.96. The minimum Gasteiger partial charge on any atom is -0.468 e. The standard InChI is InChI=1S/C16H19F4N3O2.C2H6.2H2/c1-15(17)11-5-10(6-12(11)15)23-14(24)22-7-9-2-3-21-13(4-9)25-8-16(18,19)20;1-2;;/h2-4,10-12H,5-8H2,1H3,(H2,22,23,24);1-2H3;2*1H/t10?,11-,12+,15?;;;. The van der Waals surface area contributed by atoms with Crippen LogP contribution < -0.4 is 15.4 Å². The molecule has 4 atom stereocenters. The number of nitrogens with one attached hydrogen (secondary N) is 2. The van der Waals surface area contributed by atoms with E-state index in [-0.39, 0.29) is 39.2 Å². The predicted octanol–water partition coefficient (Wildman–Crippen LogP) is 4.48. The molecule has 2 aliphatic carbocycles. The molecule has 1 heterocycles. The molecule has 0 aliphatic heterocycles. The molecular formula is C18H29F4N3O2. The fraction of sp³-hybridized carbons (Fsp3) is 0.667. The largest absolute Gasteiger partial charge is 0.468 e. The number of halogens is 4. The topological polar surface area (TPSA) is 63.2 Å². The molecular weight excluding hydrogens is 366 g/mol. The Kier molecular flexibility index (Phi) is 6.54. The van der Waals surface area contributed by atoms with E-state index in [1.165, 1.54) is 12.3 Å². The molecule has 0 bridgehead atoms. The quantitative estimate of drug-likeness (QED) is 0.723. The number of ether oxygens (including phenoxy) is 1. The Labute approximate surface area is 158 Å². The molecule has 2 saturated carbocycles. The lowest BCUT2D eigenvalue weighted by molar-refractivity contribution is -0.154. The first-order valence-electron chi connectivity index (χ1n) is 9.03. The molecule has 2 unspecified atom stereocenters. The van der Waals surface area contributed by atoms with Crippen LogP contribution >= 0.6 is 0 Å². The number of fused-ring (bicyclic) bond motifs is 1. The maximum atomic E-state index is 13.7. The van der Waals surface area contributed by atoms with Gasteiger partial charge in [0.2, 0.25) is 5.88 Å².